The Hall–Kier alpha value is -2.26. The molecule has 0 saturated carbocycles. The van der Waals surface area contributed by atoms with Crippen molar-refractivity contribution in [2.75, 3.05) is 18.8 Å². The number of H-pyrrole nitrogens is 1. The van der Waals surface area contributed by atoms with E-state index in [9.17, 15) is 18.0 Å². The van der Waals surface area contributed by atoms with Crippen molar-refractivity contribution in [3.05, 3.63) is 40.4 Å². The lowest BCUT2D eigenvalue weighted by molar-refractivity contribution is -0.139. The summed E-state index contributed by atoms with van der Waals surface area (Å²) in [4.78, 5) is 34.5. The number of amides is 1. The number of aromatic amines is 1. The summed E-state index contributed by atoms with van der Waals surface area (Å²) in [7, 11) is -3.22. The van der Waals surface area contributed by atoms with Gasteiger partial charge in [-0.3, -0.25) is 9.59 Å². The third kappa shape index (κ3) is 4.67. The predicted molar refractivity (Wildman–Crippen MR) is 112 cm³/mol. The van der Waals surface area contributed by atoms with Gasteiger partial charge in [-0.1, -0.05) is 12.1 Å². The fourth-order valence-corrected chi connectivity index (χ4v) is 4.82. The lowest BCUT2D eigenvalue weighted by Gasteiger charge is -2.35. The molecule has 0 aliphatic carbocycles. The van der Waals surface area contributed by atoms with Crippen LogP contribution < -0.4 is 5.56 Å². The van der Waals surface area contributed by atoms with Crippen molar-refractivity contribution >= 4 is 26.8 Å². The first kappa shape index (κ1) is 21.4. The average Bonchev–Trinajstić information content (AvgIpc) is 2.71. The van der Waals surface area contributed by atoms with Crippen molar-refractivity contribution in [3.8, 4) is 0 Å². The Morgan fingerprint density at radius 3 is 2.55 bits per heavy atom. The van der Waals surface area contributed by atoms with Crippen molar-refractivity contribution in [2.45, 2.75) is 46.2 Å². The van der Waals surface area contributed by atoms with Gasteiger partial charge in [0.15, 0.2) is 0 Å². The molecule has 0 radical (unpaired) electrons. The van der Waals surface area contributed by atoms with E-state index in [0.29, 0.717) is 42.7 Å². The van der Waals surface area contributed by atoms with E-state index < -0.39 is 10.0 Å². The molecule has 1 saturated heterocycles. The molecule has 1 aliphatic heterocycles. The predicted octanol–water partition coefficient (Wildman–Crippen LogP) is 1.72. The molecule has 2 heterocycles. The van der Waals surface area contributed by atoms with Crippen LogP contribution in [0.25, 0.3) is 10.9 Å². The highest BCUT2D eigenvalue weighted by Crippen LogP contribution is 2.23. The van der Waals surface area contributed by atoms with E-state index >= 15 is 0 Å². The second-order valence-corrected chi connectivity index (χ2v) is 9.92. The number of benzene rings is 1. The number of piperidine rings is 1. The fourth-order valence-electron chi connectivity index (χ4n) is 3.68. The van der Waals surface area contributed by atoms with Gasteiger partial charge in [0.05, 0.1) is 23.2 Å². The first-order chi connectivity index (χ1) is 13.7. The van der Waals surface area contributed by atoms with Gasteiger partial charge in [0, 0.05) is 25.0 Å². The normalized spacial score (nSPS) is 16.4. The van der Waals surface area contributed by atoms with Crippen LogP contribution in [-0.2, 0) is 21.4 Å². The number of carbonyl (C=O) groups is 1. The summed E-state index contributed by atoms with van der Waals surface area (Å²) >= 11 is 0. The Bertz CT molecular complexity index is 1040. The van der Waals surface area contributed by atoms with Crippen molar-refractivity contribution < 1.29 is 13.2 Å². The van der Waals surface area contributed by atoms with E-state index in [1.54, 1.807) is 30.0 Å². The first-order valence-electron chi connectivity index (χ1n) is 9.99. The molecule has 0 spiro atoms. The number of nitrogens with zero attached hydrogens (tertiary/aromatic N) is 3. The van der Waals surface area contributed by atoms with Crippen LogP contribution in [0.3, 0.4) is 0 Å². The quantitative estimate of drug-likeness (QED) is 0.766. The van der Waals surface area contributed by atoms with E-state index in [-0.39, 0.29) is 35.7 Å². The molecule has 3 rings (SSSR count). The number of para-hydroxylation sites is 1. The van der Waals surface area contributed by atoms with Gasteiger partial charge >= 0.3 is 0 Å². The maximum absolute atomic E-state index is 13.2. The summed E-state index contributed by atoms with van der Waals surface area (Å²) in [5.74, 6) is 0.268. The monoisotopic (exact) mass is 420 g/mol. The zero-order valence-electron chi connectivity index (χ0n) is 17.1. The van der Waals surface area contributed by atoms with Gasteiger partial charge in [-0.25, -0.2) is 17.7 Å². The highest BCUT2D eigenvalue weighted by molar-refractivity contribution is 7.89. The number of hydrogen-bond acceptors (Lipinski definition) is 5. The molecule has 9 heteroatoms. The van der Waals surface area contributed by atoms with Crippen molar-refractivity contribution in [1.29, 1.82) is 0 Å². The summed E-state index contributed by atoms with van der Waals surface area (Å²) in [6, 6.07) is 7.03. The second kappa shape index (κ2) is 8.62. The highest BCUT2D eigenvalue weighted by atomic mass is 32.2. The summed E-state index contributed by atoms with van der Waals surface area (Å²) in [5, 5.41) is 0.517. The summed E-state index contributed by atoms with van der Waals surface area (Å²) < 4.78 is 25.6. The van der Waals surface area contributed by atoms with Gasteiger partial charge in [0.1, 0.15) is 5.82 Å². The molecule has 2 aromatic rings. The zero-order chi connectivity index (χ0) is 21.2. The number of carbonyl (C=O) groups excluding carboxylic acids is 1. The second-order valence-electron chi connectivity index (χ2n) is 7.66. The van der Waals surface area contributed by atoms with Crippen LogP contribution in [0.2, 0.25) is 0 Å². The Kier molecular flexibility index (Phi) is 6.38. The largest absolute Gasteiger partial charge is 0.333 e. The Balaban J connectivity index is 1.75. The highest BCUT2D eigenvalue weighted by Gasteiger charge is 2.33. The van der Waals surface area contributed by atoms with Crippen LogP contribution in [0.5, 0.6) is 0 Å². The molecule has 29 heavy (non-hydrogen) atoms. The van der Waals surface area contributed by atoms with Gasteiger partial charge < -0.3 is 9.88 Å². The van der Waals surface area contributed by atoms with Crippen LogP contribution in [0.4, 0.5) is 0 Å². The molecule has 0 unspecified atom stereocenters. The molecule has 0 atom stereocenters. The van der Waals surface area contributed by atoms with E-state index in [0.717, 1.165) is 0 Å². The molecule has 0 bridgehead atoms. The van der Waals surface area contributed by atoms with Crippen LogP contribution in [0.15, 0.2) is 29.1 Å². The topological polar surface area (TPSA) is 103 Å². The Morgan fingerprint density at radius 1 is 1.28 bits per heavy atom. The lowest BCUT2D eigenvalue weighted by Crippen LogP contribution is -2.46. The molecule has 1 amide bonds. The van der Waals surface area contributed by atoms with Crippen LogP contribution >= 0.6 is 0 Å². The van der Waals surface area contributed by atoms with Crippen LogP contribution in [0.1, 0.15) is 39.4 Å². The number of hydrogen-bond donors (Lipinski definition) is 1. The third-order valence-electron chi connectivity index (χ3n) is 5.45. The van der Waals surface area contributed by atoms with E-state index in [2.05, 4.69) is 9.97 Å². The Labute approximate surface area is 171 Å². The van der Waals surface area contributed by atoms with E-state index in [1.807, 2.05) is 19.9 Å². The minimum atomic E-state index is -3.22. The van der Waals surface area contributed by atoms with Crippen molar-refractivity contribution in [2.24, 2.45) is 5.92 Å². The van der Waals surface area contributed by atoms with Crippen LogP contribution in [-0.4, -0.2) is 58.4 Å². The molecule has 1 N–H and O–H groups in total. The molecular weight excluding hydrogens is 392 g/mol. The van der Waals surface area contributed by atoms with Crippen LogP contribution in [0, 0.1) is 5.92 Å². The lowest BCUT2D eigenvalue weighted by atomic mass is 9.96. The number of sulfonamides is 1. The van der Waals surface area contributed by atoms with Gasteiger partial charge in [-0.05, 0) is 45.7 Å². The molecule has 1 aliphatic rings. The zero-order valence-corrected chi connectivity index (χ0v) is 17.9. The van der Waals surface area contributed by atoms with Gasteiger partial charge in [0.2, 0.25) is 15.9 Å². The number of rotatable bonds is 6. The molecule has 1 aromatic carbocycles. The van der Waals surface area contributed by atoms with Gasteiger partial charge in [0.25, 0.3) is 5.56 Å². The SMILES string of the molecule is CCS(=O)(=O)N1CCC(C(=O)N(Cc2nc3ccccc3c(=O)[nH]2)C(C)C)CC1. The van der Waals surface area contributed by atoms with Crippen molar-refractivity contribution in [3.63, 3.8) is 0 Å². The molecule has 158 valence electrons. The molecule has 1 fully saturated rings. The maximum Gasteiger partial charge on any atom is 0.258 e. The van der Waals surface area contributed by atoms with Gasteiger partial charge in [-0.15, -0.1) is 0 Å². The summed E-state index contributed by atoms with van der Waals surface area (Å²) in [5.41, 5.74) is 0.375. The van der Waals surface area contributed by atoms with E-state index in [1.165, 1.54) is 4.31 Å². The number of aromatic nitrogens is 2. The first-order valence-corrected chi connectivity index (χ1v) is 11.6. The molecule has 1 aromatic heterocycles. The molecular formula is C20H28N4O4S. The fraction of sp³-hybridized carbons (Fsp3) is 0.550. The smallest absolute Gasteiger partial charge is 0.258 e. The maximum atomic E-state index is 13.2. The minimum Gasteiger partial charge on any atom is -0.333 e. The minimum absolute atomic E-state index is 0.0237. The number of nitrogens with one attached hydrogen (secondary N) is 1. The molecule has 8 nitrogen and oxygen atoms in total. The van der Waals surface area contributed by atoms with E-state index in [4.69, 9.17) is 0 Å². The third-order valence-corrected chi connectivity index (χ3v) is 7.33. The summed E-state index contributed by atoms with van der Waals surface area (Å²) in [6.07, 6.45) is 1.01. The van der Waals surface area contributed by atoms with Crippen molar-refractivity contribution in [1.82, 2.24) is 19.2 Å². The van der Waals surface area contributed by atoms with Gasteiger partial charge in [-0.2, -0.15) is 0 Å². The standard InChI is InChI=1S/C20H28N4O4S/c1-4-29(27,28)23-11-9-15(10-12-23)20(26)24(14(2)3)13-18-21-17-8-6-5-7-16(17)19(25)22-18/h5-8,14-15H,4,9-13H2,1-3H3,(H,21,22,25). The summed E-state index contributed by atoms with van der Waals surface area (Å²) in [6.45, 7) is 6.42. The Morgan fingerprint density at radius 2 is 1.93 bits per heavy atom. The average molecular weight is 421 g/mol. The number of fused-ring (bicyclic) bond motifs is 1.